The van der Waals surface area contributed by atoms with Crippen molar-refractivity contribution in [1.29, 1.82) is 0 Å². The van der Waals surface area contributed by atoms with Crippen LogP contribution in [-0.2, 0) is 26.2 Å². The Labute approximate surface area is 378 Å². The molecule has 4 aromatic rings. The third-order valence-electron chi connectivity index (χ3n) is 15.1. The first-order valence-corrected chi connectivity index (χ1v) is 24.0. The Kier molecular flexibility index (Phi) is 12.4. The second-order valence-corrected chi connectivity index (χ2v) is 18.4. The van der Waals surface area contributed by atoms with Crippen LogP contribution in [0.15, 0.2) is 24.3 Å². The summed E-state index contributed by atoms with van der Waals surface area (Å²) in [7, 11) is 0. The molecule has 4 atom stereocenters. The SMILES string of the molecule is CCC1c2cc(c3c(c2O)CN(CC)CO3)C(CC)c2cc(c3c(c2O)CN(CC)CO3)C(CC)c2cc(c3c(c2O)CN(CC)CO3)C(CC)c2cc1c1c(c2O)CN(CC)CO1. The molecule has 9 rings (SSSR count). The monoisotopic (exact) mass is 877 g/mol. The lowest BCUT2D eigenvalue weighted by Crippen LogP contribution is -2.34. The first kappa shape index (κ1) is 44.3. The van der Waals surface area contributed by atoms with E-state index in [0.717, 1.165) is 92.9 Å². The van der Waals surface area contributed by atoms with Gasteiger partial charge in [-0.3, -0.25) is 19.6 Å². The van der Waals surface area contributed by atoms with Crippen molar-refractivity contribution in [3.05, 3.63) is 91.0 Å². The maximum atomic E-state index is 12.7. The standard InChI is InChI=1S/C52H68N4O8/c1-9-29-33-17-38(50-41(45(33)57)21-53(13-5)26-62-50)31(11-3)35-19-40(52-43(47(35)59)23-55(15-7)28-64-52)32(12-4)36-20-39(51-44(48(36)60)24-56(16-8)27-63-51)30(10-2)34-18-37(29)49-42(46(34)58)22-54(14-6)25-61-49/h17-20,29-32,57-60H,9-16,21-28H2,1-8H3. The van der Waals surface area contributed by atoms with E-state index >= 15 is 0 Å². The van der Waals surface area contributed by atoms with E-state index in [0.29, 0.717) is 102 Å². The fraction of sp³-hybridized carbons (Fsp3) is 0.538. The Morgan fingerprint density at radius 1 is 0.359 bits per heavy atom. The van der Waals surface area contributed by atoms with Crippen LogP contribution in [0.3, 0.4) is 0 Å². The van der Waals surface area contributed by atoms with Crippen molar-refractivity contribution in [2.24, 2.45) is 0 Å². The molecular weight excluding hydrogens is 809 g/mol. The number of aromatic hydroxyl groups is 4. The summed E-state index contributed by atoms with van der Waals surface area (Å²) in [4.78, 5) is 8.71. The quantitative estimate of drug-likeness (QED) is 0.135. The Hall–Kier alpha value is -4.88. The average molecular weight is 877 g/mol. The van der Waals surface area contributed by atoms with E-state index in [1.165, 1.54) is 0 Å². The molecule has 0 fully saturated rings. The van der Waals surface area contributed by atoms with Gasteiger partial charge < -0.3 is 39.4 Å². The lowest BCUT2D eigenvalue weighted by molar-refractivity contribution is 0.0962. The molecule has 0 aromatic heterocycles. The molecule has 5 aliphatic rings. The van der Waals surface area contributed by atoms with Gasteiger partial charge in [-0.05, 0) is 76.1 Å². The number of fused-ring (bicyclic) bond motifs is 16. The van der Waals surface area contributed by atoms with Crippen molar-refractivity contribution in [2.75, 3.05) is 53.1 Å². The largest absolute Gasteiger partial charge is 0.507 e. The molecule has 0 amide bonds. The summed E-state index contributed by atoms with van der Waals surface area (Å²) in [5, 5.41) is 50.7. The molecule has 4 aliphatic heterocycles. The van der Waals surface area contributed by atoms with Gasteiger partial charge in [-0.15, -0.1) is 0 Å². The third-order valence-corrected chi connectivity index (χ3v) is 15.1. The van der Waals surface area contributed by atoms with Crippen LogP contribution < -0.4 is 18.9 Å². The minimum atomic E-state index is -0.326. The molecular formula is C52H68N4O8. The molecule has 0 saturated carbocycles. The molecule has 1 aliphatic carbocycles. The molecule has 4 heterocycles. The number of nitrogens with zero attached hydrogens (tertiary/aromatic N) is 4. The predicted octanol–water partition coefficient (Wildman–Crippen LogP) is 9.68. The summed E-state index contributed by atoms with van der Waals surface area (Å²) in [5.74, 6) is 2.19. The number of hydrogen-bond acceptors (Lipinski definition) is 12. The first-order chi connectivity index (χ1) is 31.0. The predicted molar refractivity (Wildman–Crippen MR) is 247 cm³/mol. The zero-order valence-corrected chi connectivity index (χ0v) is 39.1. The van der Waals surface area contributed by atoms with Crippen molar-refractivity contribution >= 4 is 0 Å². The average Bonchev–Trinajstić information content (AvgIpc) is 3.33. The fourth-order valence-electron chi connectivity index (χ4n) is 11.3. The topological polar surface area (TPSA) is 131 Å². The van der Waals surface area contributed by atoms with Crippen LogP contribution in [0.2, 0.25) is 0 Å². The van der Waals surface area contributed by atoms with E-state index in [1.54, 1.807) is 0 Å². The summed E-state index contributed by atoms with van der Waals surface area (Å²) in [6, 6.07) is 8.52. The molecule has 4 aromatic carbocycles. The van der Waals surface area contributed by atoms with E-state index in [4.69, 9.17) is 18.9 Å². The molecule has 8 bridgehead atoms. The lowest BCUT2D eigenvalue weighted by atomic mass is 9.75. The van der Waals surface area contributed by atoms with Gasteiger partial charge in [0.25, 0.3) is 0 Å². The van der Waals surface area contributed by atoms with Gasteiger partial charge in [-0.2, -0.15) is 0 Å². The summed E-state index contributed by atoms with van der Waals surface area (Å²) < 4.78 is 26.7. The van der Waals surface area contributed by atoms with Gasteiger partial charge in [0.05, 0.1) is 22.3 Å². The summed E-state index contributed by atoms with van der Waals surface area (Å²) in [6.45, 7) is 23.6. The van der Waals surface area contributed by atoms with Gasteiger partial charge in [-0.1, -0.05) is 55.4 Å². The highest BCUT2D eigenvalue weighted by atomic mass is 16.5. The molecule has 0 spiro atoms. The highest BCUT2D eigenvalue weighted by molar-refractivity contribution is 5.68. The third kappa shape index (κ3) is 7.11. The number of phenols is 4. The Balaban J connectivity index is 1.43. The van der Waals surface area contributed by atoms with Crippen LogP contribution >= 0.6 is 0 Å². The van der Waals surface area contributed by atoms with Crippen LogP contribution in [0.25, 0.3) is 0 Å². The van der Waals surface area contributed by atoms with Crippen LogP contribution in [0.4, 0.5) is 0 Å². The van der Waals surface area contributed by atoms with Crippen molar-refractivity contribution in [3.63, 3.8) is 0 Å². The van der Waals surface area contributed by atoms with E-state index in [9.17, 15) is 20.4 Å². The molecule has 4 N–H and O–H groups in total. The smallest absolute Gasteiger partial charge is 0.142 e. The number of ether oxygens (including phenoxy) is 4. The summed E-state index contributed by atoms with van der Waals surface area (Å²) in [5.41, 5.74) is 9.71. The van der Waals surface area contributed by atoms with Crippen molar-refractivity contribution in [2.45, 2.75) is 131 Å². The van der Waals surface area contributed by atoms with E-state index in [-0.39, 0.29) is 46.7 Å². The lowest BCUT2D eigenvalue weighted by Gasteiger charge is -2.37. The van der Waals surface area contributed by atoms with Crippen LogP contribution in [0.1, 0.15) is 172 Å². The number of benzene rings is 4. The zero-order valence-electron chi connectivity index (χ0n) is 39.1. The molecule has 4 unspecified atom stereocenters. The normalized spacial score (nSPS) is 22.2. The van der Waals surface area contributed by atoms with Crippen molar-refractivity contribution < 1.29 is 39.4 Å². The highest BCUT2D eigenvalue weighted by Gasteiger charge is 2.40. The molecule has 64 heavy (non-hydrogen) atoms. The van der Waals surface area contributed by atoms with E-state index < -0.39 is 0 Å². The Morgan fingerprint density at radius 2 is 0.562 bits per heavy atom. The maximum Gasteiger partial charge on any atom is 0.142 e. The van der Waals surface area contributed by atoms with Gasteiger partial charge >= 0.3 is 0 Å². The second-order valence-electron chi connectivity index (χ2n) is 18.4. The molecule has 12 heteroatoms. The molecule has 0 saturated heterocycles. The molecule has 0 radical (unpaired) electrons. The van der Waals surface area contributed by atoms with Crippen LogP contribution in [-0.4, -0.2) is 93.1 Å². The van der Waals surface area contributed by atoms with E-state index in [2.05, 4.69) is 99.3 Å². The summed E-state index contributed by atoms with van der Waals surface area (Å²) >= 11 is 0. The Morgan fingerprint density at radius 3 is 0.734 bits per heavy atom. The fourth-order valence-corrected chi connectivity index (χ4v) is 11.3. The first-order valence-electron chi connectivity index (χ1n) is 24.0. The molecule has 344 valence electrons. The Bertz CT molecular complexity index is 2100. The van der Waals surface area contributed by atoms with Gasteiger partial charge in [0.1, 0.15) is 72.9 Å². The highest BCUT2D eigenvalue weighted by Crippen LogP contribution is 2.57. The van der Waals surface area contributed by atoms with Crippen LogP contribution in [0, 0.1) is 0 Å². The molecule has 12 nitrogen and oxygen atoms in total. The number of rotatable bonds is 8. The van der Waals surface area contributed by atoms with Gasteiger partial charge in [-0.25, -0.2) is 0 Å². The number of hydrogen-bond donors (Lipinski definition) is 4. The van der Waals surface area contributed by atoms with Crippen molar-refractivity contribution in [3.8, 4) is 46.0 Å². The van der Waals surface area contributed by atoms with Gasteiger partial charge in [0.2, 0.25) is 0 Å². The van der Waals surface area contributed by atoms with Crippen LogP contribution in [0.5, 0.6) is 46.0 Å². The van der Waals surface area contributed by atoms with E-state index in [1.807, 2.05) is 0 Å². The maximum absolute atomic E-state index is 12.7. The minimum Gasteiger partial charge on any atom is -0.507 e. The minimum absolute atomic E-state index is 0.209. The zero-order chi connectivity index (χ0) is 45.1. The van der Waals surface area contributed by atoms with Gasteiger partial charge in [0.15, 0.2) is 0 Å². The summed E-state index contributed by atoms with van der Waals surface area (Å²) in [6.07, 6.45) is 2.56. The number of phenolic OH excluding ortho intramolecular Hbond substituents is 4. The van der Waals surface area contributed by atoms with Gasteiger partial charge in [0, 0.05) is 94.4 Å². The second kappa shape index (κ2) is 17.8. The van der Waals surface area contributed by atoms with Crippen molar-refractivity contribution in [1.82, 2.24) is 19.6 Å².